The van der Waals surface area contributed by atoms with Gasteiger partial charge in [-0.15, -0.1) is 22.7 Å². The van der Waals surface area contributed by atoms with Crippen molar-refractivity contribution in [2.24, 2.45) is 0 Å². The van der Waals surface area contributed by atoms with Crippen molar-refractivity contribution in [1.82, 2.24) is 9.80 Å². The van der Waals surface area contributed by atoms with E-state index in [2.05, 4.69) is 0 Å². The predicted octanol–water partition coefficient (Wildman–Crippen LogP) is 2.20. The van der Waals surface area contributed by atoms with E-state index >= 15 is 0 Å². The minimum absolute atomic E-state index is 0.0523. The van der Waals surface area contributed by atoms with E-state index in [1.54, 1.807) is 11.3 Å². The molecule has 1 fully saturated rings. The van der Waals surface area contributed by atoms with Crippen molar-refractivity contribution in [3.63, 3.8) is 0 Å². The van der Waals surface area contributed by atoms with E-state index in [9.17, 15) is 9.59 Å². The van der Waals surface area contributed by atoms with E-state index in [0.29, 0.717) is 19.6 Å². The van der Waals surface area contributed by atoms with Gasteiger partial charge in [0.25, 0.3) is 5.91 Å². The summed E-state index contributed by atoms with van der Waals surface area (Å²) in [6.07, 6.45) is 0.818. The molecule has 2 aromatic heterocycles. The second-order valence-electron chi connectivity index (χ2n) is 5.08. The second kappa shape index (κ2) is 6.13. The molecule has 0 atom stereocenters. The molecule has 1 aliphatic heterocycles. The summed E-state index contributed by atoms with van der Waals surface area (Å²) in [5.74, 6) is -0.742. The number of nitrogens with zero attached hydrogens (tertiary/aromatic N) is 2. The third-order valence-electron chi connectivity index (χ3n) is 3.58. The molecule has 2 aromatic rings. The van der Waals surface area contributed by atoms with Gasteiger partial charge in [0.2, 0.25) is 0 Å². The van der Waals surface area contributed by atoms with Gasteiger partial charge < -0.3 is 10.0 Å². The van der Waals surface area contributed by atoms with E-state index in [0.717, 1.165) is 27.2 Å². The molecule has 0 aromatic carbocycles. The van der Waals surface area contributed by atoms with Crippen LogP contribution in [-0.2, 0) is 4.79 Å². The van der Waals surface area contributed by atoms with Crippen LogP contribution in [0.4, 0.5) is 0 Å². The Morgan fingerprint density at radius 1 is 1.19 bits per heavy atom. The number of carbonyl (C=O) groups excluding carboxylic acids is 1. The lowest BCUT2D eigenvalue weighted by atomic mass is 10.3. The smallest absolute Gasteiger partial charge is 0.317 e. The van der Waals surface area contributed by atoms with Gasteiger partial charge in [-0.05, 0) is 23.9 Å². The maximum absolute atomic E-state index is 12.6. The summed E-state index contributed by atoms with van der Waals surface area (Å²) in [5.41, 5.74) is 0. The highest BCUT2D eigenvalue weighted by atomic mass is 32.1. The molecule has 0 unspecified atom stereocenters. The molecule has 1 N–H and O–H groups in total. The van der Waals surface area contributed by atoms with Gasteiger partial charge in [0.15, 0.2) is 0 Å². The fraction of sp³-hybridized carbons (Fsp3) is 0.429. The summed E-state index contributed by atoms with van der Waals surface area (Å²) in [7, 11) is 0. The van der Waals surface area contributed by atoms with E-state index in [4.69, 9.17) is 5.11 Å². The Balaban J connectivity index is 1.67. The summed E-state index contributed by atoms with van der Waals surface area (Å²) in [6.45, 7) is 2.70. The number of hydrogen-bond acceptors (Lipinski definition) is 5. The number of hydrogen-bond donors (Lipinski definition) is 1. The molecule has 5 nitrogen and oxygen atoms in total. The lowest BCUT2D eigenvalue weighted by Gasteiger charge is -2.20. The standard InChI is InChI=1S/C14H16N2O3S2/c17-13(18)9-15-3-1-4-16(6-5-15)14(19)12-8-11-10(21-12)2-7-20-11/h2,7-8H,1,3-6,9H2,(H,17,18). The van der Waals surface area contributed by atoms with Gasteiger partial charge in [-0.2, -0.15) is 0 Å². The van der Waals surface area contributed by atoms with Crippen molar-refractivity contribution >= 4 is 43.9 Å². The topological polar surface area (TPSA) is 60.9 Å². The number of carboxylic acids is 1. The number of rotatable bonds is 3. The Kier molecular flexibility index (Phi) is 4.23. The third kappa shape index (κ3) is 3.25. The zero-order valence-corrected chi connectivity index (χ0v) is 13.1. The summed E-state index contributed by atoms with van der Waals surface area (Å²) in [4.78, 5) is 27.8. The molecule has 1 saturated heterocycles. The Morgan fingerprint density at radius 3 is 2.81 bits per heavy atom. The van der Waals surface area contributed by atoms with Gasteiger partial charge >= 0.3 is 5.97 Å². The highest BCUT2D eigenvalue weighted by molar-refractivity contribution is 7.27. The molecule has 1 aliphatic rings. The fourth-order valence-electron chi connectivity index (χ4n) is 2.55. The molecule has 0 saturated carbocycles. The van der Waals surface area contributed by atoms with Gasteiger partial charge in [0.1, 0.15) is 0 Å². The number of thiophene rings is 2. The van der Waals surface area contributed by atoms with Crippen molar-refractivity contribution in [2.75, 3.05) is 32.7 Å². The zero-order chi connectivity index (χ0) is 14.8. The third-order valence-corrected chi connectivity index (χ3v) is 5.67. The summed E-state index contributed by atoms with van der Waals surface area (Å²) in [6, 6.07) is 4.01. The minimum atomic E-state index is -0.812. The van der Waals surface area contributed by atoms with Crippen molar-refractivity contribution in [3.8, 4) is 0 Å². The first-order chi connectivity index (χ1) is 10.1. The van der Waals surface area contributed by atoms with Crippen LogP contribution in [-0.4, -0.2) is 59.5 Å². The van der Waals surface area contributed by atoms with Crippen molar-refractivity contribution in [2.45, 2.75) is 6.42 Å². The molecular formula is C14H16N2O3S2. The second-order valence-corrected chi connectivity index (χ2v) is 7.11. The van der Waals surface area contributed by atoms with Crippen molar-refractivity contribution in [1.29, 1.82) is 0 Å². The van der Waals surface area contributed by atoms with Crippen LogP contribution in [0.25, 0.3) is 9.40 Å². The molecule has 0 spiro atoms. The van der Waals surface area contributed by atoms with Crippen LogP contribution in [0.2, 0.25) is 0 Å². The number of amides is 1. The zero-order valence-electron chi connectivity index (χ0n) is 11.4. The van der Waals surface area contributed by atoms with Crippen LogP contribution in [0.15, 0.2) is 17.5 Å². The van der Waals surface area contributed by atoms with Crippen molar-refractivity contribution in [3.05, 3.63) is 22.4 Å². The summed E-state index contributed by atoms with van der Waals surface area (Å²) < 4.78 is 2.32. The van der Waals surface area contributed by atoms with Crippen LogP contribution in [0.1, 0.15) is 16.1 Å². The lowest BCUT2D eigenvalue weighted by Crippen LogP contribution is -2.36. The monoisotopic (exact) mass is 324 g/mol. The molecular weight excluding hydrogens is 308 g/mol. The van der Waals surface area contributed by atoms with Crippen LogP contribution < -0.4 is 0 Å². The maximum atomic E-state index is 12.6. The van der Waals surface area contributed by atoms with Gasteiger partial charge in [-0.25, -0.2) is 0 Å². The normalized spacial score (nSPS) is 17.0. The SMILES string of the molecule is O=C(O)CN1CCCN(C(=O)c2cc3sccc3s2)CC1. The van der Waals surface area contributed by atoms with Crippen LogP contribution >= 0.6 is 22.7 Å². The fourth-order valence-corrected chi connectivity index (χ4v) is 4.63. The average molecular weight is 324 g/mol. The molecule has 3 heterocycles. The van der Waals surface area contributed by atoms with Crippen molar-refractivity contribution < 1.29 is 14.7 Å². The van der Waals surface area contributed by atoms with Gasteiger partial charge in [-0.3, -0.25) is 14.5 Å². The van der Waals surface area contributed by atoms with Gasteiger partial charge in [0, 0.05) is 35.6 Å². The largest absolute Gasteiger partial charge is 0.480 e. The molecule has 0 bridgehead atoms. The van der Waals surface area contributed by atoms with E-state index in [-0.39, 0.29) is 12.5 Å². The van der Waals surface area contributed by atoms with Gasteiger partial charge in [-0.1, -0.05) is 0 Å². The lowest BCUT2D eigenvalue weighted by molar-refractivity contribution is -0.138. The first kappa shape index (κ1) is 14.5. The highest BCUT2D eigenvalue weighted by Crippen LogP contribution is 2.30. The molecule has 1 amide bonds. The quantitative estimate of drug-likeness (QED) is 0.940. The molecule has 21 heavy (non-hydrogen) atoms. The molecule has 0 radical (unpaired) electrons. The Bertz CT molecular complexity index is 636. The van der Waals surface area contributed by atoms with Gasteiger partial charge in [0.05, 0.1) is 11.4 Å². The molecule has 3 rings (SSSR count). The summed E-state index contributed by atoms with van der Waals surface area (Å²) >= 11 is 3.19. The highest BCUT2D eigenvalue weighted by Gasteiger charge is 2.22. The molecule has 0 aliphatic carbocycles. The Labute approximate surface area is 130 Å². The molecule has 112 valence electrons. The first-order valence-corrected chi connectivity index (χ1v) is 8.53. The van der Waals surface area contributed by atoms with E-state index in [1.807, 2.05) is 27.3 Å². The van der Waals surface area contributed by atoms with Crippen LogP contribution in [0.3, 0.4) is 0 Å². The molecule has 7 heteroatoms. The Morgan fingerprint density at radius 2 is 2.05 bits per heavy atom. The number of carbonyl (C=O) groups is 2. The van der Waals surface area contributed by atoms with E-state index < -0.39 is 5.97 Å². The number of carboxylic acid groups (broad SMARTS) is 1. The van der Waals surface area contributed by atoms with Crippen LogP contribution in [0, 0.1) is 0 Å². The van der Waals surface area contributed by atoms with Crippen LogP contribution in [0.5, 0.6) is 0 Å². The number of aliphatic carboxylic acids is 1. The predicted molar refractivity (Wildman–Crippen MR) is 84.3 cm³/mol. The van der Waals surface area contributed by atoms with E-state index in [1.165, 1.54) is 11.3 Å². The minimum Gasteiger partial charge on any atom is -0.480 e. The summed E-state index contributed by atoms with van der Waals surface area (Å²) in [5, 5.41) is 10.9. The number of fused-ring (bicyclic) bond motifs is 1. The average Bonchev–Trinajstić information content (AvgIpc) is 2.94. The maximum Gasteiger partial charge on any atom is 0.317 e. The Hall–Kier alpha value is -1.44. The first-order valence-electron chi connectivity index (χ1n) is 6.84.